The number of ether oxygens (including phenoxy) is 1. The smallest absolute Gasteiger partial charge is 0.216 e. The summed E-state index contributed by atoms with van der Waals surface area (Å²) < 4.78 is 6.90. The third kappa shape index (κ3) is 3.69. The molecule has 0 radical (unpaired) electrons. The number of nitrogens with zero attached hydrogens (tertiary/aromatic N) is 5. The van der Waals surface area contributed by atoms with Crippen LogP contribution in [-0.4, -0.2) is 52.4 Å². The molecule has 0 aliphatic rings. The van der Waals surface area contributed by atoms with Gasteiger partial charge in [-0.15, -0.1) is 0 Å². The molecule has 0 aromatic carbocycles. The quantitative estimate of drug-likeness (QED) is 0.855. The van der Waals surface area contributed by atoms with Crippen LogP contribution in [0, 0.1) is 0 Å². The fourth-order valence-corrected chi connectivity index (χ4v) is 2.19. The van der Waals surface area contributed by atoms with Gasteiger partial charge in [-0.05, 0) is 14.1 Å². The fourth-order valence-electron chi connectivity index (χ4n) is 1.93. The van der Waals surface area contributed by atoms with Crippen molar-refractivity contribution in [3.63, 3.8) is 0 Å². The molecule has 0 aliphatic carbocycles. The zero-order valence-corrected chi connectivity index (χ0v) is 13.1. The Bertz CT molecular complexity index is 600. The number of rotatable bonds is 6. The molecule has 21 heavy (non-hydrogen) atoms. The van der Waals surface area contributed by atoms with Crippen LogP contribution >= 0.6 is 11.6 Å². The maximum atomic E-state index is 6.29. The van der Waals surface area contributed by atoms with Crippen LogP contribution in [0.3, 0.4) is 0 Å². The van der Waals surface area contributed by atoms with Crippen LogP contribution in [0.25, 0.3) is 0 Å². The molecular weight excluding hydrogens is 292 g/mol. The lowest BCUT2D eigenvalue weighted by Crippen LogP contribution is -2.24. The van der Waals surface area contributed by atoms with Crippen LogP contribution in [0.15, 0.2) is 18.6 Å². The normalized spacial score (nSPS) is 12.7. The zero-order valence-electron chi connectivity index (χ0n) is 12.3. The molecule has 0 amide bonds. The van der Waals surface area contributed by atoms with Crippen molar-refractivity contribution in [2.45, 2.75) is 12.6 Å². The minimum Gasteiger partial charge on any atom is -0.481 e. The first-order valence-corrected chi connectivity index (χ1v) is 6.88. The van der Waals surface area contributed by atoms with Crippen molar-refractivity contribution in [3.05, 3.63) is 35.0 Å². The summed E-state index contributed by atoms with van der Waals surface area (Å²) in [5.41, 5.74) is 7.66. The molecule has 0 bridgehead atoms. The van der Waals surface area contributed by atoms with E-state index in [0.29, 0.717) is 23.1 Å². The van der Waals surface area contributed by atoms with Gasteiger partial charge in [-0.1, -0.05) is 11.6 Å². The Morgan fingerprint density at radius 1 is 1.43 bits per heavy atom. The molecule has 2 aromatic rings. The van der Waals surface area contributed by atoms with E-state index in [4.69, 9.17) is 22.1 Å². The highest BCUT2D eigenvalue weighted by atomic mass is 35.5. The van der Waals surface area contributed by atoms with E-state index in [1.165, 1.54) is 6.33 Å². The van der Waals surface area contributed by atoms with Crippen molar-refractivity contribution in [2.75, 3.05) is 27.7 Å². The highest BCUT2D eigenvalue weighted by molar-refractivity contribution is 6.31. The Morgan fingerprint density at radius 3 is 2.86 bits per heavy atom. The lowest BCUT2D eigenvalue weighted by Gasteiger charge is -2.16. The van der Waals surface area contributed by atoms with Gasteiger partial charge in [0.1, 0.15) is 6.33 Å². The van der Waals surface area contributed by atoms with Gasteiger partial charge in [0.2, 0.25) is 5.88 Å². The number of hydrogen-bond donors (Lipinski definition) is 1. The molecule has 2 heterocycles. The Labute approximate surface area is 128 Å². The maximum absolute atomic E-state index is 6.29. The molecule has 0 saturated carbocycles. The minimum absolute atomic E-state index is 0.464. The third-order valence-electron chi connectivity index (χ3n) is 3.08. The van der Waals surface area contributed by atoms with Crippen molar-refractivity contribution in [3.8, 4) is 5.88 Å². The predicted octanol–water partition coefficient (Wildman–Crippen LogP) is 0.945. The summed E-state index contributed by atoms with van der Waals surface area (Å²) in [5, 5.41) is 4.81. The van der Waals surface area contributed by atoms with Gasteiger partial charge >= 0.3 is 0 Å². The van der Waals surface area contributed by atoms with Crippen LogP contribution in [0.4, 0.5) is 0 Å². The molecule has 114 valence electrons. The van der Waals surface area contributed by atoms with Crippen LogP contribution in [0.5, 0.6) is 5.88 Å². The first-order valence-electron chi connectivity index (χ1n) is 6.50. The van der Waals surface area contributed by atoms with E-state index < -0.39 is 6.04 Å². The number of methoxy groups -OCH3 is 1. The van der Waals surface area contributed by atoms with Gasteiger partial charge in [-0.2, -0.15) is 5.10 Å². The van der Waals surface area contributed by atoms with Gasteiger partial charge in [0, 0.05) is 12.6 Å². The Hall–Kier alpha value is -1.70. The standard InChI is InChI=1S/C13H19ClN6O/c1-19(2)4-5-20-13(9(14)7-18-20)12(15)10-6-11(21-3)17-8-16-10/h6-8,12H,4-5,15H2,1-3H3. The Balaban J connectivity index is 2.29. The molecule has 8 heteroatoms. The molecule has 7 nitrogen and oxygen atoms in total. The van der Waals surface area contributed by atoms with Gasteiger partial charge in [-0.3, -0.25) is 4.68 Å². The molecule has 2 N–H and O–H groups in total. The van der Waals surface area contributed by atoms with Crippen molar-refractivity contribution >= 4 is 11.6 Å². The average molecular weight is 311 g/mol. The van der Waals surface area contributed by atoms with Gasteiger partial charge in [0.15, 0.2) is 0 Å². The number of halogens is 1. The summed E-state index contributed by atoms with van der Waals surface area (Å²) in [7, 11) is 5.55. The summed E-state index contributed by atoms with van der Waals surface area (Å²) in [5.74, 6) is 0.464. The second kappa shape index (κ2) is 6.84. The largest absolute Gasteiger partial charge is 0.481 e. The van der Waals surface area contributed by atoms with E-state index in [1.807, 2.05) is 18.8 Å². The van der Waals surface area contributed by atoms with Gasteiger partial charge in [0.05, 0.1) is 42.3 Å². The van der Waals surface area contributed by atoms with E-state index >= 15 is 0 Å². The van der Waals surface area contributed by atoms with E-state index in [0.717, 1.165) is 12.2 Å². The SMILES string of the molecule is COc1cc(C(N)c2c(Cl)cnn2CCN(C)C)ncn1. The van der Waals surface area contributed by atoms with Crippen molar-refractivity contribution in [1.82, 2.24) is 24.6 Å². The molecule has 2 aromatic heterocycles. The first kappa shape index (κ1) is 15.7. The van der Waals surface area contributed by atoms with E-state index in [-0.39, 0.29) is 0 Å². The predicted molar refractivity (Wildman–Crippen MR) is 80.4 cm³/mol. The maximum Gasteiger partial charge on any atom is 0.216 e. The van der Waals surface area contributed by atoms with E-state index in [9.17, 15) is 0 Å². The van der Waals surface area contributed by atoms with Crippen LogP contribution < -0.4 is 10.5 Å². The Morgan fingerprint density at radius 2 is 2.19 bits per heavy atom. The molecule has 0 saturated heterocycles. The van der Waals surface area contributed by atoms with E-state index in [2.05, 4.69) is 20.0 Å². The molecule has 0 aliphatic heterocycles. The van der Waals surface area contributed by atoms with Gasteiger partial charge in [-0.25, -0.2) is 9.97 Å². The van der Waals surface area contributed by atoms with Crippen molar-refractivity contribution < 1.29 is 4.74 Å². The van der Waals surface area contributed by atoms with Crippen molar-refractivity contribution in [1.29, 1.82) is 0 Å². The summed E-state index contributed by atoms with van der Waals surface area (Å²) in [6.45, 7) is 1.54. The number of likely N-dealkylation sites (N-methyl/N-ethyl adjacent to an activating group) is 1. The molecule has 1 atom stereocenters. The fraction of sp³-hybridized carbons (Fsp3) is 0.462. The molecule has 1 unspecified atom stereocenters. The molecular formula is C13H19ClN6O. The summed E-state index contributed by atoms with van der Waals surface area (Å²) in [4.78, 5) is 10.2. The Kier molecular flexibility index (Phi) is 5.11. The molecule has 0 spiro atoms. The average Bonchev–Trinajstić information content (AvgIpc) is 2.85. The summed E-state index contributed by atoms with van der Waals surface area (Å²) >= 11 is 6.23. The topological polar surface area (TPSA) is 82.1 Å². The zero-order chi connectivity index (χ0) is 15.4. The lowest BCUT2D eigenvalue weighted by molar-refractivity contribution is 0.367. The third-order valence-corrected chi connectivity index (χ3v) is 3.37. The van der Waals surface area contributed by atoms with E-state index in [1.54, 1.807) is 19.4 Å². The monoisotopic (exact) mass is 310 g/mol. The minimum atomic E-state index is -0.487. The van der Waals surface area contributed by atoms with Gasteiger partial charge in [0.25, 0.3) is 0 Å². The second-order valence-electron chi connectivity index (χ2n) is 4.87. The number of aromatic nitrogens is 4. The highest BCUT2D eigenvalue weighted by Gasteiger charge is 2.20. The van der Waals surface area contributed by atoms with Gasteiger partial charge < -0.3 is 15.4 Å². The van der Waals surface area contributed by atoms with Crippen molar-refractivity contribution in [2.24, 2.45) is 5.73 Å². The molecule has 0 fully saturated rings. The number of nitrogens with two attached hydrogens (primary N) is 1. The summed E-state index contributed by atoms with van der Waals surface area (Å²) in [6, 6.07) is 1.21. The molecule has 2 rings (SSSR count). The summed E-state index contributed by atoms with van der Waals surface area (Å²) in [6.07, 6.45) is 3.02. The van der Waals surface area contributed by atoms with Crippen LogP contribution in [0.2, 0.25) is 5.02 Å². The highest BCUT2D eigenvalue weighted by Crippen LogP contribution is 2.26. The first-order chi connectivity index (χ1) is 10.0. The van der Waals surface area contributed by atoms with Crippen LogP contribution in [-0.2, 0) is 6.54 Å². The number of hydrogen-bond acceptors (Lipinski definition) is 6. The second-order valence-corrected chi connectivity index (χ2v) is 5.27. The lowest BCUT2D eigenvalue weighted by atomic mass is 10.1. The van der Waals surface area contributed by atoms with Crippen LogP contribution in [0.1, 0.15) is 17.4 Å².